The molecule has 5 heteroatoms. The van der Waals surface area contributed by atoms with E-state index in [0.717, 1.165) is 42.3 Å². The number of hydrogen-bond acceptors (Lipinski definition) is 5. The maximum Gasteiger partial charge on any atom is 0.224 e. The second-order valence-electron chi connectivity index (χ2n) is 5.08. The van der Waals surface area contributed by atoms with Crippen LogP contribution >= 0.6 is 0 Å². The molecule has 2 aromatic rings. The average Bonchev–Trinajstić information content (AvgIpc) is 2.49. The molecule has 0 aliphatic carbocycles. The monoisotopic (exact) mass is 300 g/mol. The molecule has 0 saturated heterocycles. The van der Waals surface area contributed by atoms with E-state index in [1.807, 2.05) is 44.2 Å². The molecule has 0 aliphatic heterocycles. The van der Waals surface area contributed by atoms with Crippen LogP contribution in [0.1, 0.15) is 32.4 Å². The third-order valence-electron chi connectivity index (χ3n) is 3.11. The first kappa shape index (κ1) is 16.1. The number of nitrogens with one attached hydrogen (secondary N) is 2. The summed E-state index contributed by atoms with van der Waals surface area (Å²) in [4.78, 5) is 8.90. The van der Waals surface area contributed by atoms with Crippen molar-refractivity contribution in [3.05, 3.63) is 36.0 Å². The average molecular weight is 300 g/mol. The SMILES string of the molecule is CCCCNc1nc(C)cc(Nc2ccc(OCC)cc2)n1. The summed E-state index contributed by atoms with van der Waals surface area (Å²) >= 11 is 0. The molecule has 118 valence electrons. The van der Waals surface area contributed by atoms with Crippen molar-refractivity contribution in [2.75, 3.05) is 23.8 Å². The molecular weight excluding hydrogens is 276 g/mol. The Morgan fingerprint density at radius 2 is 1.86 bits per heavy atom. The minimum absolute atomic E-state index is 0.668. The highest BCUT2D eigenvalue weighted by Gasteiger charge is 2.03. The number of anilines is 3. The fourth-order valence-corrected chi connectivity index (χ4v) is 2.04. The highest BCUT2D eigenvalue weighted by Crippen LogP contribution is 2.20. The third kappa shape index (κ3) is 4.91. The van der Waals surface area contributed by atoms with E-state index >= 15 is 0 Å². The van der Waals surface area contributed by atoms with Crippen molar-refractivity contribution in [3.8, 4) is 5.75 Å². The quantitative estimate of drug-likeness (QED) is 0.718. The van der Waals surface area contributed by atoms with Gasteiger partial charge in [0.25, 0.3) is 0 Å². The van der Waals surface area contributed by atoms with E-state index in [2.05, 4.69) is 27.5 Å². The Morgan fingerprint density at radius 1 is 1.09 bits per heavy atom. The van der Waals surface area contributed by atoms with Crippen molar-refractivity contribution in [1.82, 2.24) is 9.97 Å². The van der Waals surface area contributed by atoms with Gasteiger partial charge in [0.1, 0.15) is 11.6 Å². The number of benzene rings is 1. The molecule has 0 fully saturated rings. The zero-order chi connectivity index (χ0) is 15.8. The molecule has 0 saturated carbocycles. The summed E-state index contributed by atoms with van der Waals surface area (Å²) in [6.45, 7) is 7.67. The van der Waals surface area contributed by atoms with Gasteiger partial charge in [0.2, 0.25) is 5.95 Å². The molecular formula is C17H24N4O. The van der Waals surface area contributed by atoms with Crippen LogP contribution in [0.2, 0.25) is 0 Å². The number of ether oxygens (including phenoxy) is 1. The van der Waals surface area contributed by atoms with E-state index in [4.69, 9.17) is 4.74 Å². The lowest BCUT2D eigenvalue weighted by Crippen LogP contribution is -2.07. The van der Waals surface area contributed by atoms with Crippen LogP contribution in [0, 0.1) is 6.92 Å². The number of unbranched alkanes of at least 4 members (excludes halogenated alkanes) is 1. The maximum absolute atomic E-state index is 5.44. The second kappa shape index (κ2) is 8.22. The number of aromatic nitrogens is 2. The Balaban J connectivity index is 2.04. The summed E-state index contributed by atoms with van der Waals surface area (Å²) in [7, 11) is 0. The Kier molecular flexibility index (Phi) is 6.01. The summed E-state index contributed by atoms with van der Waals surface area (Å²) in [5, 5.41) is 6.55. The first-order chi connectivity index (χ1) is 10.7. The van der Waals surface area contributed by atoms with Crippen LogP contribution in [0.4, 0.5) is 17.5 Å². The lowest BCUT2D eigenvalue weighted by atomic mass is 10.3. The van der Waals surface area contributed by atoms with Gasteiger partial charge >= 0.3 is 0 Å². The zero-order valence-electron chi connectivity index (χ0n) is 13.5. The largest absolute Gasteiger partial charge is 0.494 e. The van der Waals surface area contributed by atoms with Crippen LogP contribution in [0.25, 0.3) is 0 Å². The molecule has 0 bridgehead atoms. The van der Waals surface area contributed by atoms with Gasteiger partial charge in [-0.1, -0.05) is 13.3 Å². The molecule has 22 heavy (non-hydrogen) atoms. The second-order valence-corrected chi connectivity index (χ2v) is 5.08. The normalized spacial score (nSPS) is 10.3. The molecule has 0 unspecified atom stereocenters. The van der Waals surface area contributed by atoms with Gasteiger partial charge in [-0.3, -0.25) is 0 Å². The van der Waals surface area contributed by atoms with Crippen molar-refractivity contribution < 1.29 is 4.74 Å². The number of nitrogens with zero attached hydrogens (tertiary/aromatic N) is 2. The standard InChI is InChI=1S/C17H24N4O/c1-4-6-11-18-17-19-13(3)12-16(21-17)20-14-7-9-15(10-8-14)22-5-2/h7-10,12H,4-6,11H2,1-3H3,(H2,18,19,20,21). The van der Waals surface area contributed by atoms with Crippen LogP contribution in [0.5, 0.6) is 5.75 Å². The van der Waals surface area contributed by atoms with Gasteiger partial charge in [-0.25, -0.2) is 4.98 Å². The Hall–Kier alpha value is -2.30. The molecule has 0 radical (unpaired) electrons. The summed E-state index contributed by atoms with van der Waals surface area (Å²) in [5.74, 6) is 2.33. The molecule has 0 amide bonds. The van der Waals surface area contributed by atoms with E-state index in [-0.39, 0.29) is 0 Å². The van der Waals surface area contributed by atoms with Crippen molar-refractivity contribution in [2.45, 2.75) is 33.6 Å². The van der Waals surface area contributed by atoms with E-state index in [9.17, 15) is 0 Å². The fourth-order valence-electron chi connectivity index (χ4n) is 2.04. The lowest BCUT2D eigenvalue weighted by Gasteiger charge is -2.10. The van der Waals surface area contributed by atoms with E-state index in [0.29, 0.717) is 12.6 Å². The highest BCUT2D eigenvalue weighted by atomic mass is 16.5. The topological polar surface area (TPSA) is 59.1 Å². The minimum atomic E-state index is 0.668. The number of rotatable bonds is 8. The third-order valence-corrected chi connectivity index (χ3v) is 3.11. The van der Waals surface area contributed by atoms with Gasteiger partial charge in [-0.2, -0.15) is 4.98 Å². The zero-order valence-corrected chi connectivity index (χ0v) is 13.5. The van der Waals surface area contributed by atoms with Crippen molar-refractivity contribution in [2.24, 2.45) is 0 Å². The molecule has 0 atom stereocenters. The predicted molar refractivity (Wildman–Crippen MR) is 91.1 cm³/mol. The van der Waals surface area contributed by atoms with Crippen molar-refractivity contribution in [3.63, 3.8) is 0 Å². The number of hydrogen-bond donors (Lipinski definition) is 2. The molecule has 1 heterocycles. The van der Waals surface area contributed by atoms with Gasteiger partial charge in [-0.05, 0) is 44.5 Å². The molecule has 5 nitrogen and oxygen atoms in total. The molecule has 0 spiro atoms. The Bertz CT molecular complexity index is 584. The van der Waals surface area contributed by atoms with Crippen LogP contribution in [-0.4, -0.2) is 23.1 Å². The molecule has 1 aromatic heterocycles. The van der Waals surface area contributed by atoms with Crippen LogP contribution in [0.3, 0.4) is 0 Å². The van der Waals surface area contributed by atoms with Gasteiger partial charge in [0.05, 0.1) is 6.61 Å². The van der Waals surface area contributed by atoms with Crippen molar-refractivity contribution in [1.29, 1.82) is 0 Å². The predicted octanol–water partition coefficient (Wildman–Crippen LogP) is 4.14. The van der Waals surface area contributed by atoms with Crippen LogP contribution < -0.4 is 15.4 Å². The smallest absolute Gasteiger partial charge is 0.224 e. The molecule has 0 aliphatic rings. The first-order valence-corrected chi connectivity index (χ1v) is 7.80. The minimum Gasteiger partial charge on any atom is -0.494 e. The number of aryl methyl sites for hydroxylation is 1. The van der Waals surface area contributed by atoms with E-state index in [1.54, 1.807) is 0 Å². The van der Waals surface area contributed by atoms with Gasteiger partial charge < -0.3 is 15.4 Å². The maximum atomic E-state index is 5.44. The summed E-state index contributed by atoms with van der Waals surface area (Å²) in [6.07, 6.45) is 2.26. The molecule has 2 N–H and O–H groups in total. The van der Waals surface area contributed by atoms with E-state index in [1.165, 1.54) is 0 Å². The van der Waals surface area contributed by atoms with E-state index < -0.39 is 0 Å². The fraction of sp³-hybridized carbons (Fsp3) is 0.412. The summed E-state index contributed by atoms with van der Waals surface area (Å²) < 4.78 is 5.44. The molecule has 1 aromatic carbocycles. The van der Waals surface area contributed by atoms with Gasteiger partial charge in [0.15, 0.2) is 0 Å². The van der Waals surface area contributed by atoms with Crippen molar-refractivity contribution >= 4 is 17.5 Å². The Labute approximate surface area is 132 Å². The summed E-state index contributed by atoms with van der Waals surface area (Å²) in [5.41, 5.74) is 1.91. The van der Waals surface area contributed by atoms with Crippen LogP contribution in [-0.2, 0) is 0 Å². The van der Waals surface area contributed by atoms with Crippen LogP contribution in [0.15, 0.2) is 30.3 Å². The summed E-state index contributed by atoms with van der Waals surface area (Å²) in [6, 6.07) is 9.78. The first-order valence-electron chi connectivity index (χ1n) is 7.80. The highest BCUT2D eigenvalue weighted by molar-refractivity contribution is 5.58. The molecule has 2 rings (SSSR count). The van der Waals surface area contributed by atoms with Gasteiger partial charge in [0, 0.05) is 24.0 Å². The lowest BCUT2D eigenvalue weighted by molar-refractivity contribution is 0.340. The van der Waals surface area contributed by atoms with Gasteiger partial charge in [-0.15, -0.1) is 0 Å². The Morgan fingerprint density at radius 3 is 2.55 bits per heavy atom.